The maximum Gasteiger partial charge on any atom is 0.239 e. The van der Waals surface area contributed by atoms with Crippen molar-refractivity contribution in [2.75, 3.05) is 6.54 Å². The summed E-state index contributed by atoms with van der Waals surface area (Å²) in [6, 6.07) is 9.53. The summed E-state index contributed by atoms with van der Waals surface area (Å²) in [6.45, 7) is 0.617. The van der Waals surface area contributed by atoms with E-state index in [1.807, 2.05) is 41.1 Å². The van der Waals surface area contributed by atoms with Crippen molar-refractivity contribution in [3.8, 4) is 6.07 Å². The van der Waals surface area contributed by atoms with Crippen LogP contribution in [0.1, 0.15) is 12.0 Å². The second kappa shape index (κ2) is 6.03. The van der Waals surface area contributed by atoms with E-state index in [0.717, 1.165) is 16.5 Å². The smallest absolute Gasteiger partial charge is 0.239 e. The van der Waals surface area contributed by atoms with Gasteiger partial charge in [0.25, 0.3) is 0 Å². The lowest BCUT2D eigenvalue weighted by atomic mass is 10.2. The molecule has 0 saturated heterocycles. The molecule has 19 heavy (non-hydrogen) atoms. The SMILES string of the molecule is N#CCCNC(=O)Cn1ccc2cc(CO)ccc21. The first-order chi connectivity index (χ1) is 9.24. The third-order valence-electron chi connectivity index (χ3n) is 2.89. The Balaban J connectivity index is 2.09. The van der Waals surface area contributed by atoms with Gasteiger partial charge in [-0.25, -0.2) is 0 Å². The number of nitriles is 1. The molecule has 0 fully saturated rings. The van der Waals surface area contributed by atoms with Gasteiger partial charge in [-0.1, -0.05) is 6.07 Å². The highest BCUT2D eigenvalue weighted by molar-refractivity contribution is 5.83. The number of benzene rings is 1. The molecular formula is C14H15N3O2. The molecule has 0 spiro atoms. The van der Waals surface area contributed by atoms with E-state index in [-0.39, 0.29) is 19.1 Å². The van der Waals surface area contributed by atoms with Gasteiger partial charge in [-0.15, -0.1) is 0 Å². The molecule has 5 heteroatoms. The van der Waals surface area contributed by atoms with Gasteiger partial charge in [-0.2, -0.15) is 5.26 Å². The van der Waals surface area contributed by atoms with E-state index < -0.39 is 0 Å². The average Bonchev–Trinajstić information content (AvgIpc) is 2.81. The van der Waals surface area contributed by atoms with Crippen molar-refractivity contribution in [2.24, 2.45) is 0 Å². The summed E-state index contributed by atoms with van der Waals surface area (Å²) >= 11 is 0. The van der Waals surface area contributed by atoms with E-state index in [1.165, 1.54) is 0 Å². The van der Waals surface area contributed by atoms with Crippen molar-refractivity contribution in [1.29, 1.82) is 5.26 Å². The summed E-state index contributed by atoms with van der Waals surface area (Å²) < 4.78 is 1.85. The summed E-state index contributed by atoms with van der Waals surface area (Å²) in [4.78, 5) is 11.7. The number of aromatic nitrogens is 1. The van der Waals surface area contributed by atoms with Crippen LogP contribution in [0.4, 0.5) is 0 Å². The van der Waals surface area contributed by atoms with Gasteiger partial charge in [0.2, 0.25) is 5.91 Å². The zero-order valence-corrected chi connectivity index (χ0v) is 10.5. The van der Waals surface area contributed by atoms with E-state index >= 15 is 0 Å². The van der Waals surface area contributed by atoms with Crippen molar-refractivity contribution in [3.05, 3.63) is 36.0 Å². The molecule has 1 amide bonds. The fraction of sp³-hybridized carbons (Fsp3) is 0.286. The fourth-order valence-corrected chi connectivity index (χ4v) is 1.95. The van der Waals surface area contributed by atoms with Gasteiger partial charge in [0.1, 0.15) is 6.54 Å². The summed E-state index contributed by atoms with van der Waals surface area (Å²) in [5, 5.41) is 21.2. The Hall–Kier alpha value is -2.32. The first kappa shape index (κ1) is 13.1. The minimum absolute atomic E-state index is 0.00969. The summed E-state index contributed by atoms with van der Waals surface area (Å²) in [6.07, 6.45) is 2.16. The molecule has 2 rings (SSSR count). The lowest BCUT2D eigenvalue weighted by Crippen LogP contribution is -2.27. The van der Waals surface area contributed by atoms with Crippen molar-refractivity contribution >= 4 is 16.8 Å². The Morgan fingerprint density at radius 3 is 3.00 bits per heavy atom. The molecule has 0 atom stereocenters. The molecule has 2 N–H and O–H groups in total. The van der Waals surface area contributed by atoms with E-state index in [1.54, 1.807) is 0 Å². The molecule has 0 bridgehead atoms. The number of hydrogen-bond acceptors (Lipinski definition) is 3. The number of aliphatic hydroxyl groups excluding tert-OH is 1. The van der Waals surface area contributed by atoms with Gasteiger partial charge >= 0.3 is 0 Å². The Kier molecular flexibility index (Phi) is 4.16. The highest BCUT2D eigenvalue weighted by atomic mass is 16.3. The number of nitrogens with one attached hydrogen (secondary N) is 1. The van der Waals surface area contributed by atoms with E-state index in [9.17, 15) is 4.79 Å². The minimum atomic E-state index is -0.112. The lowest BCUT2D eigenvalue weighted by Gasteiger charge is -2.06. The van der Waals surface area contributed by atoms with Crippen LogP contribution in [0, 0.1) is 11.3 Å². The molecule has 0 aliphatic carbocycles. The number of rotatable bonds is 5. The summed E-state index contributed by atoms with van der Waals surface area (Å²) in [5.41, 5.74) is 1.80. The summed E-state index contributed by atoms with van der Waals surface area (Å²) in [5.74, 6) is -0.112. The molecule has 1 aromatic carbocycles. The Labute approximate surface area is 111 Å². The van der Waals surface area contributed by atoms with Crippen LogP contribution in [0.5, 0.6) is 0 Å². The zero-order chi connectivity index (χ0) is 13.7. The number of carbonyl (C=O) groups excluding carboxylic acids is 1. The predicted octanol–water partition coefficient (Wildman–Crippen LogP) is 1.16. The van der Waals surface area contributed by atoms with Gasteiger partial charge in [-0.3, -0.25) is 4.79 Å². The maximum atomic E-state index is 11.7. The van der Waals surface area contributed by atoms with E-state index in [4.69, 9.17) is 10.4 Å². The zero-order valence-electron chi connectivity index (χ0n) is 10.5. The third kappa shape index (κ3) is 3.12. The van der Waals surface area contributed by atoms with Gasteiger partial charge in [-0.05, 0) is 29.1 Å². The molecule has 0 unspecified atom stereocenters. The van der Waals surface area contributed by atoms with E-state index in [2.05, 4.69) is 5.32 Å². The molecule has 0 aliphatic rings. The Bertz CT molecular complexity index is 625. The molecule has 2 aromatic rings. The molecule has 0 saturated carbocycles. The largest absolute Gasteiger partial charge is 0.392 e. The van der Waals surface area contributed by atoms with Crippen LogP contribution in [-0.4, -0.2) is 22.1 Å². The number of fused-ring (bicyclic) bond motifs is 1. The molecule has 1 aromatic heterocycles. The van der Waals surface area contributed by atoms with Crippen LogP contribution in [0.25, 0.3) is 10.9 Å². The van der Waals surface area contributed by atoms with Crippen LogP contribution in [0.2, 0.25) is 0 Å². The van der Waals surface area contributed by atoms with Crippen molar-refractivity contribution < 1.29 is 9.90 Å². The van der Waals surface area contributed by atoms with Crippen molar-refractivity contribution in [2.45, 2.75) is 19.6 Å². The predicted molar refractivity (Wildman–Crippen MR) is 71.1 cm³/mol. The average molecular weight is 257 g/mol. The Morgan fingerprint density at radius 2 is 2.26 bits per heavy atom. The number of aliphatic hydroxyl groups is 1. The molecule has 98 valence electrons. The van der Waals surface area contributed by atoms with Gasteiger partial charge < -0.3 is 15.0 Å². The molecule has 5 nitrogen and oxygen atoms in total. The van der Waals surface area contributed by atoms with Crippen molar-refractivity contribution in [1.82, 2.24) is 9.88 Å². The lowest BCUT2D eigenvalue weighted by molar-refractivity contribution is -0.121. The minimum Gasteiger partial charge on any atom is -0.392 e. The molecule has 1 heterocycles. The quantitative estimate of drug-likeness (QED) is 0.789. The molecule has 0 aliphatic heterocycles. The Morgan fingerprint density at radius 1 is 1.42 bits per heavy atom. The van der Waals surface area contributed by atoms with Gasteiger partial charge in [0, 0.05) is 18.3 Å². The molecule has 0 radical (unpaired) electrons. The number of amides is 1. The first-order valence-electron chi connectivity index (χ1n) is 6.07. The highest BCUT2D eigenvalue weighted by Crippen LogP contribution is 2.17. The first-order valence-corrected chi connectivity index (χ1v) is 6.07. The second-order valence-corrected chi connectivity index (χ2v) is 4.25. The van der Waals surface area contributed by atoms with Gasteiger partial charge in [0.05, 0.1) is 19.1 Å². The number of hydrogen-bond donors (Lipinski definition) is 2. The normalized spacial score (nSPS) is 10.3. The standard InChI is InChI=1S/C14H15N3O2/c15-5-1-6-16-14(19)9-17-7-4-12-8-11(10-18)2-3-13(12)17/h2-4,7-8,18H,1,6,9-10H2,(H,16,19). The van der Waals surface area contributed by atoms with E-state index in [0.29, 0.717) is 13.0 Å². The summed E-state index contributed by atoms with van der Waals surface area (Å²) in [7, 11) is 0. The second-order valence-electron chi connectivity index (χ2n) is 4.25. The van der Waals surface area contributed by atoms with Gasteiger partial charge in [0.15, 0.2) is 0 Å². The van der Waals surface area contributed by atoms with Crippen LogP contribution >= 0.6 is 0 Å². The molecular weight excluding hydrogens is 242 g/mol. The highest BCUT2D eigenvalue weighted by Gasteiger charge is 2.06. The topological polar surface area (TPSA) is 78.0 Å². The maximum absolute atomic E-state index is 11.7. The fourth-order valence-electron chi connectivity index (χ4n) is 1.95. The number of carbonyl (C=O) groups is 1. The van der Waals surface area contributed by atoms with Crippen molar-refractivity contribution in [3.63, 3.8) is 0 Å². The number of nitrogens with zero attached hydrogens (tertiary/aromatic N) is 2. The van der Waals surface area contributed by atoms with Crippen LogP contribution < -0.4 is 5.32 Å². The monoisotopic (exact) mass is 257 g/mol. The van der Waals surface area contributed by atoms with Crippen LogP contribution in [0.3, 0.4) is 0 Å². The van der Waals surface area contributed by atoms with Crippen LogP contribution in [0.15, 0.2) is 30.5 Å². The third-order valence-corrected chi connectivity index (χ3v) is 2.89. The van der Waals surface area contributed by atoms with Crippen LogP contribution in [-0.2, 0) is 17.9 Å².